The van der Waals surface area contributed by atoms with Gasteiger partial charge in [-0.1, -0.05) is 57.9 Å². The summed E-state index contributed by atoms with van der Waals surface area (Å²) in [7, 11) is 0. The topological polar surface area (TPSA) is 68.2 Å². The molecule has 5 nitrogen and oxygen atoms in total. The summed E-state index contributed by atoms with van der Waals surface area (Å²) < 4.78 is 16.2. The Balaban J connectivity index is 0.00000249. The fourth-order valence-electron chi connectivity index (χ4n) is 2.83. The SMILES string of the molecule is C#CCOCC(O)COc1ccc(C(C)(C)c2ccc(OCC(O)CCl)cc2)cc1.CC. The molecule has 176 valence electrons. The van der Waals surface area contributed by atoms with Crippen LogP contribution in [-0.2, 0) is 10.2 Å². The van der Waals surface area contributed by atoms with E-state index in [4.69, 9.17) is 32.2 Å². The first-order valence-corrected chi connectivity index (χ1v) is 11.3. The van der Waals surface area contributed by atoms with Crippen LogP contribution in [0.25, 0.3) is 0 Å². The van der Waals surface area contributed by atoms with Crippen LogP contribution < -0.4 is 9.47 Å². The van der Waals surface area contributed by atoms with Gasteiger partial charge in [0.2, 0.25) is 0 Å². The van der Waals surface area contributed by atoms with Gasteiger partial charge in [-0.05, 0) is 35.4 Å². The van der Waals surface area contributed by atoms with Gasteiger partial charge in [0.05, 0.1) is 12.5 Å². The largest absolute Gasteiger partial charge is 0.491 e. The van der Waals surface area contributed by atoms with Crippen LogP contribution in [0.15, 0.2) is 48.5 Å². The first kappa shape index (κ1) is 27.8. The van der Waals surface area contributed by atoms with Crippen LogP contribution in [0.5, 0.6) is 11.5 Å². The molecule has 2 aromatic carbocycles. The van der Waals surface area contributed by atoms with Crippen LogP contribution in [-0.4, -0.2) is 54.7 Å². The Morgan fingerprint density at radius 1 is 0.844 bits per heavy atom. The van der Waals surface area contributed by atoms with Crippen molar-refractivity contribution in [2.75, 3.05) is 32.3 Å². The van der Waals surface area contributed by atoms with Gasteiger partial charge in [-0.2, -0.15) is 0 Å². The van der Waals surface area contributed by atoms with Gasteiger partial charge in [0, 0.05) is 5.41 Å². The second-order valence-corrected chi connectivity index (χ2v) is 7.79. The van der Waals surface area contributed by atoms with Gasteiger partial charge in [0.25, 0.3) is 0 Å². The normalized spacial score (nSPS) is 12.7. The molecule has 6 heteroatoms. The van der Waals surface area contributed by atoms with Gasteiger partial charge in [-0.25, -0.2) is 0 Å². The Morgan fingerprint density at radius 2 is 1.28 bits per heavy atom. The molecule has 0 bridgehead atoms. The number of aliphatic hydroxyl groups is 2. The molecule has 0 spiro atoms. The highest BCUT2D eigenvalue weighted by Gasteiger charge is 2.23. The van der Waals surface area contributed by atoms with E-state index in [0.29, 0.717) is 11.5 Å². The lowest BCUT2D eigenvalue weighted by molar-refractivity contribution is 0.0229. The minimum absolute atomic E-state index is 0.132. The number of ether oxygens (including phenoxy) is 3. The van der Waals surface area contributed by atoms with Crippen LogP contribution in [0.2, 0.25) is 0 Å². The van der Waals surface area contributed by atoms with Crippen LogP contribution in [0.1, 0.15) is 38.8 Å². The zero-order valence-corrected chi connectivity index (χ0v) is 20.1. The monoisotopic (exact) mass is 462 g/mol. The van der Waals surface area contributed by atoms with E-state index < -0.39 is 12.2 Å². The third-order valence-corrected chi connectivity index (χ3v) is 5.07. The highest BCUT2D eigenvalue weighted by molar-refractivity contribution is 6.18. The maximum atomic E-state index is 9.83. The summed E-state index contributed by atoms with van der Waals surface area (Å²) in [5, 5.41) is 19.3. The van der Waals surface area contributed by atoms with Crippen LogP contribution >= 0.6 is 11.6 Å². The summed E-state index contributed by atoms with van der Waals surface area (Å²) in [6.45, 7) is 8.89. The Hall–Kier alpha value is -2.23. The average Bonchev–Trinajstić information content (AvgIpc) is 2.83. The molecule has 0 heterocycles. The molecule has 0 saturated heterocycles. The Bertz CT molecular complexity index is 796. The molecule has 0 radical (unpaired) electrons. The second-order valence-electron chi connectivity index (χ2n) is 7.48. The third kappa shape index (κ3) is 9.10. The number of halogens is 1. The molecule has 0 aliphatic rings. The predicted molar refractivity (Wildman–Crippen MR) is 130 cm³/mol. The number of alkyl halides is 1. The number of hydrogen-bond acceptors (Lipinski definition) is 5. The minimum Gasteiger partial charge on any atom is -0.491 e. The number of aliphatic hydroxyl groups excluding tert-OH is 2. The van der Waals surface area contributed by atoms with Gasteiger partial charge >= 0.3 is 0 Å². The zero-order valence-electron chi connectivity index (χ0n) is 19.4. The molecule has 0 aromatic heterocycles. The molecular weight excluding hydrogens is 428 g/mol. The van der Waals surface area contributed by atoms with Crippen LogP contribution in [0.3, 0.4) is 0 Å². The molecule has 2 rings (SSSR count). The highest BCUT2D eigenvalue weighted by atomic mass is 35.5. The lowest BCUT2D eigenvalue weighted by Crippen LogP contribution is -2.23. The summed E-state index contributed by atoms with van der Waals surface area (Å²) in [5.74, 6) is 3.85. The molecule has 0 saturated carbocycles. The molecule has 32 heavy (non-hydrogen) atoms. The van der Waals surface area contributed by atoms with E-state index in [1.807, 2.05) is 62.4 Å². The number of benzene rings is 2. The van der Waals surface area contributed by atoms with Gasteiger partial charge < -0.3 is 24.4 Å². The van der Waals surface area contributed by atoms with Crippen molar-refractivity contribution in [2.45, 2.75) is 45.3 Å². The third-order valence-electron chi connectivity index (χ3n) is 4.71. The van der Waals surface area contributed by atoms with E-state index in [1.165, 1.54) is 0 Å². The molecule has 2 atom stereocenters. The smallest absolute Gasteiger partial charge is 0.119 e. The molecule has 0 aliphatic heterocycles. The zero-order chi connectivity index (χ0) is 24.0. The van der Waals surface area contributed by atoms with Crippen LogP contribution in [0, 0.1) is 12.3 Å². The predicted octanol–water partition coefficient (Wildman–Crippen LogP) is 4.41. The van der Waals surface area contributed by atoms with Crippen molar-refractivity contribution in [3.63, 3.8) is 0 Å². The highest BCUT2D eigenvalue weighted by Crippen LogP contribution is 2.33. The standard InChI is InChI=1S/C24H29ClO5.C2H6/c1-4-13-28-15-21(27)17-30-23-11-7-19(8-12-23)24(2,3)18-5-9-22(10-6-18)29-16-20(26)14-25;1-2/h1,5-12,20-21,26-27H,13-17H2,2-3H3;1-2H3. The van der Waals surface area contributed by atoms with E-state index >= 15 is 0 Å². The Kier molecular flexibility index (Phi) is 12.8. The maximum Gasteiger partial charge on any atom is 0.119 e. The van der Waals surface area contributed by atoms with E-state index in [1.54, 1.807) is 0 Å². The van der Waals surface area contributed by atoms with E-state index in [2.05, 4.69) is 19.8 Å². The Labute approximate surface area is 197 Å². The van der Waals surface area contributed by atoms with Crippen molar-refractivity contribution < 1.29 is 24.4 Å². The van der Waals surface area contributed by atoms with Gasteiger partial charge in [-0.3, -0.25) is 0 Å². The summed E-state index contributed by atoms with van der Waals surface area (Å²) in [5.41, 5.74) is 2.02. The van der Waals surface area contributed by atoms with Crippen LogP contribution in [0.4, 0.5) is 0 Å². The number of hydrogen-bond donors (Lipinski definition) is 2. The van der Waals surface area contributed by atoms with Gasteiger partial charge in [0.1, 0.15) is 43.5 Å². The van der Waals surface area contributed by atoms with Gasteiger partial charge in [-0.15, -0.1) is 18.0 Å². The quantitative estimate of drug-likeness (QED) is 0.278. The van der Waals surface area contributed by atoms with Gasteiger partial charge in [0.15, 0.2) is 0 Å². The fraction of sp³-hybridized carbons (Fsp3) is 0.462. The molecule has 2 aromatic rings. The number of terminal acetylenes is 1. The summed E-state index contributed by atoms with van der Waals surface area (Å²) in [6.07, 6.45) is 3.68. The second kappa shape index (κ2) is 14.8. The fourth-order valence-corrected chi connectivity index (χ4v) is 2.92. The van der Waals surface area contributed by atoms with E-state index in [9.17, 15) is 10.2 Å². The molecule has 0 amide bonds. The molecule has 2 unspecified atom stereocenters. The summed E-state index contributed by atoms with van der Waals surface area (Å²) in [4.78, 5) is 0. The summed E-state index contributed by atoms with van der Waals surface area (Å²) >= 11 is 5.58. The number of rotatable bonds is 12. The molecule has 2 N–H and O–H groups in total. The van der Waals surface area contributed by atoms with Crippen molar-refractivity contribution in [1.82, 2.24) is 0 Å². The van der Waals surface area contributed by atoms with E-state index in [0.717, 1.165) is 11.1 Å². The van der Waals surface area contributed by atoms with Crippen molar-refractivity contribution >= 4 is 11.6 Å². The first-order chi connectivity index (χ1) is 15.4. The minimum atomic E-state index is -0.735. The molecular formula is C26H35ClO5. The van der Waals surface area contributed by atoms with Crippen molar-refractivity contribution in [3.8, 4) is 23.8 Å². The van der Waals surface area contributed by atoms with Crippen molar-refractivity contribution in [2.24, 2.45) is 0 Å². The molecule has 0 aliphatic carbocycles. The van der Waals surface area contributed by atoms with Crippen molar-refractivity contribution in [3.05, 3.63) is 59.7 Å². The lowest BCUT2D eigenvalue weighted by atomic mass is 9.78. The van der Waals surface area contributed by atoms with Crippen molar-refractivity contribution in [1.29, 1.82) is 0 Å². The average molecular weight is 463 g/mol. The summed E-state index contributed by atoms with van der Waals surface area (Å²) in [6, 6.07) is 15.6. The Morgan fingerprint density at radius 3 is 1.69 bits per heavy atom. The van der Waals surface area contributed by atoms with E-state index in [-0.39, 0.29) is 37.7 Å². The maximum absolute atomic E-state index is 9.83. The molecule has 0 fully saturated rings. The lowest BCUT2D eigenvalue weighted by Gasteiger charge is -2.26. The first-order valence-electron chi connectivity index (χ1n) is 10.8.